The van der Waals surface area contributed by atoms with E-state index in [9.17, 15) is 0 Å². The number of nitrogens with two attached hydrogens (primary N) is 1. The standard InChI is InChI=1S/C15H18N4/c16-15-18-13(10-11-6-2-1-3-7-11)17-14(19-15)12-8-4-5-9-12/h1-3,6-7,12H,4-5,8-10H2,(H2,16,17,18,19). The van der Waals surface area contributed by atoms with Crippen LogP contribution in [-0.2, 0) is 6.42 Å². The smallest absolute Gasteiger partial charge is 0.223 e. The van der Waals surface area contributed by atoms with Gasteiger partial charge in [0.2, 0.25) is 5.95 Å². The van der Waals surface area contributed by atoms with Gasteiger partial charge >= 0.3 is 0 Å². The van der Waals surface area contributed by atoms with Crippen LogP contribution in [0.2, 0.25) is 0 Å². The molecule has 0 bridgehead atoms. The van der Waals surface area contributed by atoms with Crippen LogP contribution in [0.25, 0.3) is 0 Å². The van der Waals surface area contributed by atoms with Crippen LogP contribution in [0.5, 0.6) is 0 Å². The van der Waals surface area contributed by atoms with Crippen molar-refractivity contribution in [1.29, 1.82) is 0 Å². The Kier molecular flexibility index (Phi) is 3.40. The predicted molar refractivity (Wildman–Crippen MR) is 74.7 cm³/mol. The molecule has 1 heterocycles. The molecule has 2 aromatic rings. The second kappa shape index (κ2) is 5.34. The normalized spacial score (nSPS) is 15.8. The van der Waals surface area contributed by atoms with E-state index in [2.05, 4.69) is 27.1 Å². The molecule has 0 amide bonds. The van der Waals surface area contributed by atoms with Crippen molar-refractivity contribution in [2.75, 3.05) is 5.73 Å². The van der Waals surface area contributed by atoms with Gasteiger partial charge in [0.1, 0.15) is 11.6 Å². The Balaban J connectivity index is 1.85. The molecule has 0 unspecified atom stereocenters. The summed E-state index contributed by atoms with van der Waals surface area (Å²) < 4.78 is 0. The van der Waals surface area contributed by atoms with Crippen molar-refractivity contribution in [2.24, 2.45) is 0 Å². The Morgan fingerprint density at radius 3 is 2.47 bits per heavy atom. The molecule has 98 valence electrons. The van der Waals surface area contributed by atoms with Crippen molar-refractivity contribution in [3.63, 3.8) is 0 Å². The molecule has 1 aliphatic carbocycles. The second-order valence-electron chi connectivity index (χ2n) is 5.11. The first-order valence-corrected chi connectivity index (χ1v) is 6.85. The molecule has 2 N–H and O–H groups in total. The molecule has 1 saturated carbocycles. The van der Waals surface area contributed by atoms with Crippen molar-refractivity contribution in [1.82, 2.24) is 15.0 Å². The van der Waals surface area contributed by atoms with Gasteiger partial charge in [0.15, 0.2) is 0 Å². The van der Waals surface area contributed by atoms with E-state index in [1.807, 2.05) is 18.2 Å². The van der Waals surface area contributed by atoms with Crippen molar-refractivity contribution in [2.45, 2.75) is 38.0 Å². The highest BCUT2D eigenvalue weighted by Crippen LogP contribution is 2.32. The summed E-state index contributed by atoms with van der Waals surface area (Å²) in [5.74, 6) is 2.49. The minimum atomic E-state index is 0.350. The molecule has 4 nitrogen and oxygen atoms in total. The zero-order valence-corrected chi connectivity index (χ0v) is 10.9. The second-order valence-corrected chi connectivity index (χ2v) is 5.11. The third-order valence-electron chi connectivity index (χ3n) is 3.64. The van der Waals surface area contributed by atoms with Crippen LogP contribution >= 0.6 is 0 Å². The zero-order chi connectivity index (χ0) is 13.1. The number of benzene rings is 1. The molecule has 1 fully saturated rings. The van der Waals surface area contributed by atoms with E-state index in [-0.39, 0.29) is 0 Å². The fourth-order valence-electron chi connectivity index (χ4n) is 2.68. The fourth-order valence-corrected chi connectivity index (χ4v) is 2.68. The number of nitrogens with zero attached hydrogens (tertiary/aromatic N) is 3. The summed E-state index contributed by atoms with van der Waals surface area (Å²) in [5, 5.41) is 0. The van der Waals surface area contributed by atoms with Gasteiger partial charge in [-0.3, -0.25) is 0 Å². The lowest BCUT2D eigenvalue weighted by Crippen LogP contribution is -2.10. The van der Waals surface area contributed by atoms with Crippen LogP contribution in [0.3, 0.4) is 0 Å². The molecule has 0 radical (unpaired) electrons. The molecule has 0 atom stereocenters. The topological polar surface area (TPSA) is 64.7 Å². The monoisotopic (exact) mass is 254 g/mol. The summed E-state index contributed by atoms with van der Waals surface area (Å²) >= 11 is 0. The van der Waals surface area contributed by atoms with Crippen LogP contribution in [0.1, 0.15) is 48.8 Å². The van der Waals surface area contributed by atoms with E-state index in [1.54, 1.807) is 0 Å². The van der Waals surface area contributed by atoms with E-state index in [0.29, 0.717) is 18.3 Å². The van der Waals surface area contributed by atoms with Gasteiger partial charge in [-0.25, -0.2) is 4.98 Å². The average molecular weight is 254 g/mol. The lowest BCUT2D eigenvalue weighted by Gasteiger charge is -2.09. The number of nitrogen functional groups attached to an aromatic ring is 1. The van der Waals surface area contributed by atoms with Gasteiger partial charge < -0.3 is 5.73 Å². The predicted octanol–water partition coefficient (Wildman–Crippen LogP) is 2.70. The molecular weight excluding hydrogens is 236 g/mol. The van der Waals surface area contributed by atoms with Crippen LogP contribution in [0.15, 0.2) is 30.3 Å². The van der Waals surface area contributed by atoms with Gasteiger partial charge in [-0.1, -0.05) is 43.2 Å². The summed E-state index contributed by atoms with van der Waals surface area (Å²) in [4.78, 5) is 13.2. The number of anilines is 1. The number of hydrogen-bond donors (Lipinski definition) is 1. The van der Waals surface area contributed by atoms with Crippen molar-refractivity contribution in [3.05, 3.63) is 47.5 Å². The van der Waals surface area contributed by atoms with Crippen LogP contribution in [-0.4, -0.2) is 15.0 Å². The Morgan fingerprint density at radius 1 is 1.00 bits per heavy atom. The van der Waals surface area contributed by atoms with E-state index >= 15 is 0 Å². The maximum atomic E-state index is 5.82. The van der Waals surface area contributed by atoms with E-state index < -0.39 is 0 Å². The van der Waals surface area contributed by atoms with Crippen LogP contribution in [0, 0.1) is 0 Å². The molecule has 19 heavy (non-hydrogen) atoms. The van der Waals surface area contributed by atoms with Gasteiger partial charge in [0, 0.05) is 12.3 Å². The molecule has 3 rings (SSSR count). The van der Waals surface area contributed by atoms with Crippen molar-refractivity contribution in [3.8, 4) is 0 Å². The van der Waals surface area contributed by atoms with Gasteiger partial charge in [-0.2, -0.15) is 9.97 Å². The highest BCUT2D eigenvalue weighted by Gasteiger charge is 2.21. The highest BCUT2D eigenvalue weighted by atomic mass is 15.1. The van der Waals surface area contributed by atoms with Crippen molar-refractivity contribution < 1.29 is 0 Å². The minimum absolute atomic E-state index is 0.350. The Labute approximate surface area is 113 Å². The molecule has 4 heteroatoms. The number of hydrogen-bond acceptors (Lipinski definition) is 4. The molecule has 0 aliphatic heterocycles. The lowest BCUT2D eigenvalue weighted by molar-refractivity contribution is 0.654. The van der Waals surface area contributed by atoms with E-state index in [1.165, 1.54) is 31.2 Å². The Bertz CT molecular complexity index is 547. The first-order valence-electron chi connectivity index (χ1n) is 6.85. The highest BCUT2D eigenvalue weighted by molar-refractivity contribution is 5.23. The third-order valence-corrected chi connectivity index (χ3v) is 3.64. The number of rotatable bonds is 3. The Morgan fingerprint density at radius 2 is 1.74 bits per heavy atom. The third kappa shape index (κ3) is 2.89. The molecule has 1 aromatic heterocycles. The molecule has 1 aliphatic rings. The summed E-state index contributed by atoms with van der Waals surface area (Å²) in [7, 11) is 0. The quantitative estimate of drug-likeness (QED) is 0.914. The van der Waals surface area contributed by atoms with Crippen molar-refractivity contribution >= 4 is 5.95 Å². The summed E-state index contributed by atoms with van der Waals surface area (Å²) in [6, 6.07) is 10.2. The van der Waals surface area contributed by atoms with Gasteiger partial charge in [0.05, 0.1) is 0 Å². The molecular formula is C15H18N4. The van der Waals surface area contributed by atoms with Gasteiger partial charge in [-0.15, -0.1) is 0 Å². The van der Waals surface area contributed by atoms with E-state index in [4.69, 9.17) is 5.73 Å². The largest absolute Gasteiger partial charge is 0.368 e. The van der Waals surface area contributed by atoms with Crippen LogP contribution in [0.4, 0.5) is 5.95 Å². The minimum Gasteiger partial charge on any atom is -0.368 e. The number of aromatic nitrogens is 3. The SMILES string of the molecule is Nc1nc(Cc2ccccc2)nc(C2CCCC2)n1. The zero-order valence-electron chi connectivity index (χ0n) is 10.9. The average Bonchev–Trinajstić information content (AvgIpc) is 2.93. The molecule has 0 spiro atoms. The summed E-state index contributed by atoms with van der Waals surface area (Å²) in [5.41, 5.74) is 7.02. The lowest BCUT2D eigenvalue weighted by atomic mass is 10.1. The summed E-state index contributed by atoms with van der Waals surface area (Å²) in [6.45, 7) is 0. The first-order chi connectivity index (χ1) is 9.31. The molecule has 1 aromatic carbocycles. The van der Waals surface area contributed by atoms with Gasteiger partial charge in [0.25, 0.3) is 0 Å². The van der Waals surface area contributed by atoms with Crippen LogP contribution < -0.4 is 5.73 Å². The maximum Gasteiger partial charge on any atom is 0.223 e. The molecule has 0 saturated heterocycles. The maximum absolute atomic E-state index is 5.82. The van der Waals surface area contributed by atoms with E-state index in [0.717, 1.165) is 11.6 Å². The first kappa shape index (κ1) is 12.1. The fraction of sp³-hybridized carbons (Fsp3) is 0.400. The van der Waals surface area contributed by atoms with Gasteiger partial charge in [-0.05, 0) is 18.4 Å². The Hall–Kier alpha value is -1.97. The summed E-state index contributed by atoms with van der Waals surface area (Å²) in [6.07, 6.45) is 5.60.